The Balaban J connectivity index is 1.82. The summed E-state index contributed by atoms with van der Waals surface area (Å²) in [5, 5.41) is 0. The van der Waals surface area contributed by atoms with Crippen LogP contribution in [0.25, 0.3) is 0 Å². The molecule has 0 aromatic carbocycles. The van der Waals surface area contributed by atoms with Crippen LogP contribution in [0, 0.1) is 0 Å². The minimum atomic E-state index is -0.396. The van der Waals surface area contributed by atoms with Gasteiger partial charge in [-0.3, -0.25) is 4.79 Å². The second kappa shape index (κ2) is 4.72. The molecule has 0 aliphatic carbocycles. The fraction of sp³-hybridized carbons (Fsp3) is 0.917. The first kappa shape index (κ1) is 11.9. The number of esters is 1. The average Bonchev–Trinajstić information content (AvgIpc) is 2.87. The van der Waals surface area contributed by atoms with E-state index in [9.17, 15) is 4.79 Å². The van der Waals surface area contributed by atoms with Gasteiger partial charge in [0, 0.05) is 12.8 Å². The summed E-state index contributed by atoms with van der Waals surface area (Å²) in [4.78, 5) is 11.0. The highest BCUT2D eigenvalue weighted by Gasteiger charge is 2.40. The minimum Gasteiger partial charge on any atom is -0.462 e. The summed E-state index contributed by atoms with van der Waals surface area (Å²) in [6.07, 6.45) is 3.98. The Bertz CT molecular complexity index is 260. The van der Waals surface area contributed by atoms with Crippen molar-refractivity contribution in [2.75, 3.05) is 6.61 Å². The third kappa shape index (κ3) is 2.38. The molecular formula is C12H20O4. The fourth-order valence-electron chi connectivity index (χ4n) is 2.40. The lowest BCUT2D eigenvalue weighted by Crippen LogP contribution is -2.29. The zero-order valence-corrected chi connectivity index (χ0v) is 10.0. The van der Waals surface area contributed by atoms with Gasteiger partial charge in [0.1, 0.15) is 6.10 Å². The topological polar surface area (TPSA) is 44.8 Å². The molecule has 0 spiro atoms. The molecule has 2 aliphatic rings. The lowest BCUT2D eigenvalue weighted by molar-refractivity contribution is -0.174. The van der Waals surface area contributed by atoms with E-state index in [1.54, 1.807) is 0 Å². The summed E-state index contributed by atoms with van der Waals surface area (Å²) >= 11 is 0. The normalized spacial score (nSPS) is 33.0. The first-order valence-electron chi connectivity index (χ1n) is 6.18. The molecule has 0 unspecified atom stereocenters. The number of hydrogen-bond acceptors (Lipinski definition) is 4. The van der Waals surface area contributed by atoms with Gasteiger partial charge in [-0.2, -0.15) is 0 Å². The molecule has 0 aromatic rings. The van der Waals surface area contributed by atoms with E-state index < -0.39 is 5.79 Å². The van der Waals surface area contributed by atoms with Crippen LogP contribution < -0.4 is 0 Å². The van der Waals surface area contributed by atoms with E-state index in [-0.39, 0.29) is 18.2 Å². The Morgan fingerprint density at radius 3 is 2.56 bits per heavy atom. The van der Waals surface area contributed by atoms with Gasteiger partial charge in [-0.15, -0.1) is 0 Å². The molecule has 2 heterocycles. The van der Waals surface area contributed by atoms with Crippen LogP contribution in [0.1, 0.15) is 46.0 Å². The molecule has 0 N–H and O–H groups in total. The first-order valence-corrected chi connectivity index (χ1v) is 6.18. The van der Waals surface area contributed by atoms with Crippen molar-refractivity contribution < 1.29 is 19.0 Å². The van der Waals surface area contributed by atoms with Crippen molar-refractivity contribution in [3.05, 3.63) is 0 Å². The molecule has 2 fully saturated rings. The zero-order valence-electron chi connectivity index (χ0n) is 10.0. The Hall–Kier alpha value is -0.610. The van der Waals surface area contributed by atoms with Crippen molar-refractivity contribution in [1.82, 2.24) is 0 Å². The van der Waals surface area contributed by atoms with Crippen LogP contribution in [0.2, 0.25) is 0 Å². The molecule has 2 atom stereocenters. The van der Waals surface area contributed by atoms with E-state index >= 15 is 0 Å². The van der Waals surface area contributed by atoms with Gasteiger partial charge in [-0.05, 0) is 19.3 Å². The molecule has 0 radical (unpaired) electrons. The second-order valence-corrected chi connectivity index (χ2v) is 4.55. The largest absolute Gasteiger partial charge is 0.462 e. The third-order valence-electron chi connectivity index (χ3n) is 3.49. The number of rotatable bonds is 4. The van der Waals surface area contributed by atoms with Crippen LogP contribution in [0.15, 0.2) is 0 Å². The van der Waals surface area contributed by atoms with Gasteiger partial charge in [0.05, 0.1) is 12.7 Å². The maximum atomic E-state index is 11.0. The maximum absolute atomic E-state index is 11.0. The van der Waals surface area contributed by atoms with Crippen molar-refractivity contribution in [2.24, 2.45) is 0 Å². The van der Waals surface area contributed by atoms with Crippen molar-refractivity contribution >= 4 is 5.97 Å². The lowest BCUT2D eigenvalue weighted by Gasteiger charge is -2.25. The second-order valence-electron chi connectivity index (χ2n) is 4.55. The average molecular weight is 228 g/mol. The van der Waals surface area contributed by atoms with Crippen LogP contribution in [0.4, 0.5) is 0 Å². The molecule has 4 nitrogen and oxygen atoms in total. The monoisotopic (exact) mass is 228 g/mol. The van der Waals surface area contributed by atoms with Crippen molar-refractivity contribution in [2.45, 2.75) is 63.9 Å². The predicted octanol–water partition coefficient (Wildman–Crippen LogP) is 2.01. The summed E-state index contributed by atoms with van der Waals surface area (Å²) in [6, 6.07) is 0. The quantitative estimate of drug-likeness (QED) is 0.690. The first-order chi connectivity index (χ1) is 7.67. The number of ether oxygens (including phenoxy) is 3. The van der Waals surface area contributed by atoms with Gasteiger partial charge in [-0.1, -0.05) is 13.8 Å². The van der Waals surface area contributed by atoms with Crippen molar-refractivity contribution in [3.8, 4) is 0 Å². The summed E-state index contributed by atoms with van der Waals surface area (Å²) in [5.41, 5.74) is 0. The number of cyclic esters (lactones) is 1. The summed E-state index contributed by atoms with van der Waals surface area (Å²) in [7, 11) is 0. The van der Waals surface area contributed by atoms with Gasteiger partial charge in [-0.25, -0.2) is 0 Å². The molecule has 2 aliphatic heterocycles. The number of carbonyl (C=O) groups excluding carboxylic acids is 1. The van der Waals surface area contributed by atoms with Crippen molar-refractivity contribution in [3.63, 3.8) is 0 Å². The highest BCUT2D eigenvalue weighted by atomic mass is 16.7. The molecule has 16 heavy (non-hydrogen) atoms. The maximum Gasteiger partial charge on any atom is 0.306 e. The highest BCUT2D eigenvalue weighted by Crippen LogP contribution is 2.33. The standard InChI is InChI=1S/C12H20O4/c1-3-12(4-2)14-8-10(16-12)7-9-5-6-11(13)15-9/h9-10H,3-8H2,1-2H3/t9-,10+/m0/s1. The number of carbonyl (C=O) groups is 1. The van der Waals surface area contributed by atoms with Gasteiger partial charge in [0.15, 0.2) is 5.79 Å². The molecular weight excluding hydrogens is 208 g/mol. The van der Waals surface area contributed by atoms with Crippen LogP contribution in [-0.2, 0) is 19.0 Å². The summed E-state index contributed by atoms with van der Waals surface area (Å²) in [6.45, 7) is 4.76. The third-order valence-corrected chi connectivity index (χ3v) is 3.49. The van der Waals surface area contributed by atoms with Crippen LogP contribution in [0.3, 0.4) is 0 Å². The molecule has 92 valence electrons. The Labute approximate surface area is 96.2 Å². The van der Waals surface area contributed by atoms with E-state index in [1.807, 2.05) is 0 Å². The lowest BCUT2D eigenvalue weighted by atomic mass is 10.1. The Morgan fingerprint density at radius 1 is 1.31 bits per heavy atom. The fourth-order valence-corrected chi connectivity index (χ4v) is 2.40. The van der Waals surface area contributed by atoms with E-state index in [0.29, 0.717) is 13.0 Å². The number of hydrogen-bond donors (Lipinski definition) is 0. The van der Waals surface area contributed by atoms with Crippen LogP contribution >= 0.6 is 0 Å². The van der Waals surface area contributed by atoms with Gasteiger partial charge in [0.2, 0.25) is 0 Å². The van der Waals surface area contributed by atoms with Gasteiger partial charge >= 0.3 is 5.97 Å². The molecule has 0 amide bonds. The van der Waals surface area contributed by atoms with E-state index in [2.05, 4.69) is 13.8 Å². The zero-order chi connectivity index (χ0) is 11.6. The molecule has 0 aromatic heterocycles. The Morgan fingerprint density at radius 2 is 2.06 bits per heavy atom. The summed E-state index contributed by atoms with van der Waals surface area (Å²) in [5.74, 6) is -0.478. The molecule has 0 bridgehead atoms. The molecule has 2 saturated heterocycles. The summed E-state index contributed by atoms with van der Waals surface area (Å²) < 4.78 is 16.8. The molecule has 4 heteroatoms. The molecule has 0 saturated carbocycles. The van der Waals surface area contributed by atoms with Gasteiger partial charge < -0.3 is 14.2 Å². The minimum absolute atomic E-state index is 0.0330. The molecule has 2 rings (SSSR count). The SMILES string of the molecule is CCC1(CC)OC[C@@H](C[C@@H]2CCC(=O)O2)O1. The van der Waals surface area contributed by atoms with Crippen molar-refractivity contribution in [1.29, 1.82) is 0 Å². The van der Waals surface area contributed by atoms with Crippen LogP contribution in [0.5, 0.6) is 0 Å². The predicted molar refractivity (Wildman–Crippen MR) is 57.9 cm³/mol. The smallest absolute Gasteiger partial charge is 0.306 e. The Kier molecular flexibility index (Phi) is 3.50. The highest BCUT2D eigenvalue weighted by molar-refractivity contribution is 5.71. The van der Waals surface area contributed by atoms with E-state index in [4.69, 9.17) is 14.2 Å². The van der Waals surface area contributed by atoms with Gasteiger partial charge in [0.25, 0.3) is 0 Å². The van der Waals surface area contributed by atoms with Crippen LogP contribution in [-0.4, -0.2) is 30.6 Å². The van der Waals surface area contributed by atoms with E-state index in [1.165, 1.54) is 0 Å². The van der Waals surface area contributed by atoms with E-state index in [0.717, 1.165) is 25.7 Å².